The Morgan fingerprint density at radius 1 is 0.793 bits per heavy atom. The van der Waals surface area contributed by atoms with E-state index in [2.05, 4.69) is 80.0 Å². The highest BCUT2D eigenvalue weighted by atomic mass is 14.7. The molecular formula is C28H23N. The number of nitrogens with zero attached hydrogens (tertiary/aromatic N) is 1. The average molecular weight is 373 g/mol. The third kappa shape index (κ3) is 3.96. The minimum atomic E-state index is 0.206. The van der Waals surface area contributed by atoms with Crippen molar-refractivity contribution in [3.63, 3.8) is 0 Å². The number of hydrogen-bond acceptors (Lipinski definition) is 1. The van der Waals surface area contributed by atoms with Crippen LogP contribution in [0, 0.1) is 0 Å². The zero-order valence-electron chi connectivity index (χ0n) is 16.5. The number of allylic oxidation sites excluding steroid dienone is 1. The van der Waals surface area contributed by atoms with E-state index in [1.165, 1.54) is 5.39 Å². The number of aliphatic imine (C=N–C) groups is 1. The molecule has 140 valence electrons. The van der Waals surface area contributed by atoms with E-state index in [4.69, 9.17) is 4.99 Å². The van der Waals surface area contributed by atoms with Crippen molar-refractivity contribution in [1.82, 2.24) is 0 Å². The van der Waals surface area contributed by atoms with Gasteiger partial charge in [0.05, 0.1) is 11.3 Å². The van der Waals surface area contributed by atoms with Crippen LogP contribution in [0.1, 0.15) is 29.5 Å². The molecule has 0 amide bonds. The minimum Gasteiger partial charge on any atom is -0.205 e. The summed E-state index contributed by atoms with van der Waals surface area (Å²) >= 11 is 0. The first-order valence-electron chi connectivity index (χ1n) is 9.86. The summed E-state index contributed by atoms with van der Waals surface area (Å²) in [6.07, 6.45) is 1.96. The van der Waals surface area contributed by atoms with Crippen LogP contribution in [0.5, 0.6) is 0 Å². The molecule has 1 unspecified atom stereocenters. The third-order valence-electron chi connectivity index (χ3n) is 5.18. The highest BCUT2D eigenvalue weighted by Crippen LogP contribution is 2.35. The Morgan fingerprint density at radius 2 is 1.38 bits per heavy atom. The minimum absolute atomic E-state index is 0.206. The normalized spacial score (nSPS) is 11.5. The number of hydrogen-bond donors (Lipinski definition) is 0. The van der Waals surface area contributed by atoms with E-state index in [0.29, 0.717) is 0 Å². The van der Waals surface area contributed by atoms with Gasteiger partial charge in [-0.25, -0.2) is 4.99 Å². The molecule has 1 heteroatoms. The van der Waals surface area contributed by atoms with E-state index >= 15 is 0 Å². The maximum Gasteiger partial charge on any atom is 0.0846 e. The Balaban J connectivity index is 1.99. The van der Waals surface area contributed by atoms with Crippen LogP contribution in [-0.4, -0.2) is 5.87 Å². The molecule has 0 aliphatic heterocycles. The summed E-state index contributed by atoms with van der Waals surface area (Å²) < 4.78 is 0. The van der Waals surface area contributed by atoms with Crippen molar-refractivity contribution in [2.24, 2.45) is 4.99 Å². The average Bonchev–Trinajstić information content (AvgIpc) is 2.80. The van der Waals surface area contributed by atoms with Gasteiger partial charge in [0.15, 0.2) is 0 Å². The first-order valence-corrected chi connectivity index (χ1v) is 9.86. The van der Waals surface area contributed by atoms with Gasteiger partial charge in [-0.15, -0.1) is 6.58 Å². The second kappa shape index (κ2) is 8.56. The predicted octanol–water partition coefficient (Wildman–Crippen LogP) is 7.56. The summed E-state index contributed by atoms with van der Waals surface area (Å²) in [7, 11) is 0. The fraction of sp³-hybridized carbons (Fsp3) is 0.0714. The van der Waals surface area contributed by atoms with Crippen molar-refractivity contribution < 1.29 is 0 Å². The highest BCUT2D eigenvalue weighted by molar-refractivity contribution is 6.02. The molecule has 4 rings (SSSR count). The van der Waals surface area contributed by atoms with Gasteiger partial charge in [-0.2, -0.15) is 0 Å². The zero-order valence-corrected chi connectivity index (χ0v) is 16.5. The van der Waals surface area contributed by atoms with Gasteiger partial charge in [0, 0.05) is 11.3 Å². The van der Waals surface area contributed by atoms with Crippen molar-refractivity contribution >= 4 is 27.9 Å². The maximum absolute atomic E-state index is 4.92. The molecule has 0 saturated carbocycles. The molecule has 4 aromatic carbocycles. The molecule has 0 aliphatic carbocycles. The monoisotopic (exact) mass is 373 g/mol. The van der Waals surface area contributed by atoms with E-state index in [9.17, 15) is 0 Å². The van der Waals surface area contributed by atoms with E-state index in [1.54, 1.807) is 0 Å². The lowest BCUT2D eigenvalue weighted by atomic mass is 9.95. The van der Waals surface area contributed by atoms with Crippen LogP contribution >= 0.6 is 0 Å². The Hall–Kier alpha value is -3.67. The van der Waals surface area contributed by atoms with Crippen LogP contribution < -0.4 is 0 Å². The molecular weight excluding hydrogens is 350 g/mol. The van der Waals surface area contributed by atoms with Gasteiger partial charge in [-0.05, 0) is 27.9 Å². The summed E-state index contributed by atoms with van der Waals surface area (Å²) in [4.78, 5) is 4.92. The first kappa shape index (κ1) is 18.7. The third-order valence-corrected chi connectivity index (χ3v) is 5.18. The van der Waals surface area contributed by atoms with Crippen LogP contribution in [0.25, 0.3) is 16.3 Å². The fourth-order valence-electron chi connectivity index (χ4n) is 3.51. The van der Waals surface area contributed by atoms with Crippen molar-refractivity contribution in [2.75, 3.05) is 0 Å². The van der Waals surface area contributed by atoms with Crippen LogP contribution in [0.15, 0.2) is 115 Å². The SMILES string of the molecule is C=CC(C)c1ccc2ccccc2c1N=C=C(c1ccccc1)c1ccccc1. The summed E-state index contributed by atoms with van der Waals surface area (Å²) in [5, 5.41) is 2.31. The lowest BCUT2D eigenvalue weighted by molar-refractivity contribution is 0.973. The fourth-order valence-corrected chi connectivity index (χ4v) is 3.51. The molecule has 29 heavy (non-hydrogen) atoms. The molecule has 0 heterocycles. The highest BCUT2D eigenvalue weighted by Gasteiger charge is 2.11. The lowest BCUT2D eigenvalue weighted by Crippen LogP contribution is -1.92. The number of fused-ring (bicyclic) bond motifs is 1. The van der Waals surface area contributed by atoms with E-state index in [1.807, 2.05) is 42.5 Å². The van der Waals surface area contributed by atoms with Crippen molar-refractivity contribution in [1.29, 1.82) is 0 Å². The van der Waals surface area contributed by atoms with Gasteiger partial charge < -0.3 is 0 Å². The molecule has 1 nitrogen and oxygen atoms in total. The maximum atomic E-state index is 4.92. The molecule has 0 radical (unpaired) electrons. The largest absolute Gasteiger partial charge is 0.205 e. The molecule has 0 bridgehead atoms. The molecule has 0 aromatic heterocycles. The second-order valence-corrected chi connectivity index (χ2v) is 7.08. The van der Waals surface area contributed by atoms with Gasteiger partial charge >= 0.3 is 0 Å². The van der Waals surface area contributed by atoms with E-state index in [0.717, 1.165) is 33.3 Å². The predicted molar refractivity (Wildman–Crippen MR) is 125 cm³/mol. The Morgan fingerprint density at radius 3 is 2.00 bits per heavy atom. The topological polar surface area (TPSA) is 12.4 Å². The van der Waals surface area contributed by atoms with Crippen LogP contribution in [0.2, 0.25) is 0 Å². The van der Waals surface area contributed by atoms with Crippen molar-refractivity contribution in [3.8, 4) is 0 Å². The molecule has 0 fully saturated rings. The quantitative estimate of drug-likeness (QED) is 0.253. The van der Waals surface area contributed by atoms with Crippen molar-refractivity contribution in [2.45, 2.75) is 12.8 Å². The Kier molecular flexibility index (Phi) is 5.52. The summed E-state index contributed by atoms with van der Waals surface area (Å²) in [5.41, 5.74) is 5.30. The molecule has 0 saturated heterocycles. The van der Waals surface area contributed by atoms with Crippen LogP contribution in [0.3, 0.4) is 0 Å². The van der Waals surface area contributed by atoms with Gasteiger partial charge in [0.2, 0.25) is 0 Å². The van der Waals surface area contributed by atoms with Crippen LogP contribution in [-0.2, 0) is 0 Å². The Labute approximate surface area is 172 Å². The first-order chi connectivity index (χ1) is 14.3. The van der Waals surface area contributed by atoms with Crippen LogP contribution in [0.4, 0.5) is 5.69 Å². The Bertz CT molecular complexity index is 1160. The standard InChI is InChI=1S/C28H23N/c1-3-21(2)25-19-18-24-16-10-11-17-26(24)28(25)29-20-27(22-12-6-4-7-13-22)23-14-8-5-9-15-23/h3-19,21H,1H2,2H3. The smallest absolute Gasteiger partial charge is 0.0846 e. The second-order valence-electron chi connectivity index (χ2n) is 7.08. The van der Waals surface area contributed by atoms with E-state index < -0.39 is 0 Å². The summed E-state index contributed by atoms with van der Waals surface area (Å²) in [6.45, 7) is 6.13. The van der Waals surface area contributed by atoms with Crippen molar-refractivity contribution in [3.05, 3.63) is 126 Å². The summed E-state index contributed by atoms with van der Waals surface area (Å²) in [6, 6.07) is 33.3. The van der Waals surface area contributed by atoms with Gasteiger partial charge in [0.1, 0.15) is 0 Å². The molecule has 0 N–H and O–H groups in total. The lowest BCUT2D eigenvalue weighted by Gasteiger charge is -2.12. The zero-order chi connectivity index (χ0) is 20.1. The molecule has 0 aliphatic rings. The van der Waals surface area contributed by atoms with Gasteiger partial charge in [-0.3, -0.25) is 0 Å². The van der Waals surface area contributed by atoms with E-state index in [-0.39, 0.29) is 5.92 Å². The molecule has 0 spiro atoms. The van der Waals surface area contributed by atoms with Gasteiger partial charge in [0.25, 0.3) is 0 Å². The number of benzene rings is 4. The molecule has 1 atom stereocenters. The van der Waals surface area contributed by atoms with Gasteiger partial charge in [-0.1, -0.05) is 110 Å². The summed E-state index contributed by atoms with van der Waals surface area (Å²) in [5.74, 6) is 3.59. The number of rotatable bonds is 5. The molecule has 4 aromatic rings.